The highest BCUT2D eigenvalue weighted by atomic mass is 32.2. The lowest BCUT2D eigenvalue weighted by Crippen LogP contribution is -2.00. The van der Waals surface area contributed by atoms with Gasteiger partial charge in [0.2, 0.25) is 0 Å². The molecule has 0 atom stereocenters. The highest BCUT2D eigenvalue weighted by Crippen LogP contribution is 2.27. The van der Waals surface area contributed by atoms with Gasteiger partial charge in [-0.2, -0.15) is 0 Å². The monoisotopic (exact) mass is 267 g/mol. The average Bonchev–Trinajstić information content (AvgIpc) is 2.34. The van der Waals surface area contributed by atoms with E-state index >= 15 is 0 Å². The summed E-state index contributed by atoms with van der Waals surface area (Å²) in [6.45, 7) is 0. The molecular formula is C12H7F2NO2S. The van der Waals surface area contributed by atoms with Crippen LogP contribution in [0.5, 0.6) is 0 Å². The van der Waals surface area contributed by atoms with Crippen molar-refractivity contribution in [1.82, 2.24) is 4.98 Å². The van der Waals surface area contributed by atoms with Gasteiger partial charge in [0.25, 0.3) is 0 Å². The summed E-state index contributed by atoms with van der Waals surface area (Å²) in [6, 6.07) is 6.45. The molecule has 1 aromatic heterocycles. The maximum atomic E-state index is 13.2. The Labute approximate surface area is 105 Å². The fourth-order valence-electron chi connectivity index (χ4n) is 1.28. The number of rotatable bonds is 3. The molecular weight excluding hydrogens is 260 g/mol. The first kappa shape index (κ1) is 12.5. The summed E-state index contributed by atoms with van der Waals surface area (Å²) >= 11 is 1.13. The third-order valence-corrected chi connectivity index (χ3v) is 3.03. The molecule has 92 valence electrons. The molecule has 0 aliphatic carbocycles. The minimum atomic E-state index is -1.33. The predicted octanol–water partition coefficient (Wildman–Crippen LogP) is 3.21. The van der Waals surface area contributed by atoms with Crippen molar-refractivity contribution in [2.75, 3.05) is 0 Å². The first-order chi connectivity index (χ1) is 8.56. The zero-order valence-electron chi connectivity index (χ0n) is 8.93. The van der Waals surface area contributed by atoms with Crippen LogP contribution in [0, 0.1) is 11.6 Å². The van der Waals surface area contributed by atoms with Crippen LogP contribution < -0.4 is 0 Å². The molecule has 0 saturated heterocycles. The standard InChI is InChI=1S/C12H7F2NO2S/c13-7-1-4-11(15-6-7)18-8-2-3-10(14)9(5-8)12(16)17/h1-6H,(H,16,17). The van der Waals surface area contributed by atoms with Gasteiger partial charge in [0.15, 0.2) is 0 Å². The van der Waals surface area contributed by atoms with Gasteiger partial charge >= 0.3 is 5.97 Å². The number of hydrogen-bond donors (Lipinski definition) is 1. The van der Waals surface area contributed by atoms with E-state index in [0.717, 1.165) is 24.0 Å². The van der Waals surface area contributed by atoms with Gasteiger partial charge in [-0.3, -0.25) is 0 Å². The second-order valence-electron chi connectivity index (χ2n) is 3.36. The molecule has 18 heavy (non-hydrogen) atoms. The van der Waals surface area contributed by atoms with E-state index in [-0.39, 0.29) is 0 Å². The number of carboxylic acids is 1. The largest absolute Gasteiger partial charge is 0.478 e. The fraction of sp³-hybridized carbons (Fsp3) is 0. The Hall–Kier alpha value is -1.95. The van der Waals surface area contributed by atoms with Crippen LogP contribution in [0.25, 0.3) is 0 Å². The lowest BCUT2D eigenvalue weighted by Gasteiger charge is -2.03. The molecule has 3 nitrogen and oxygen atoms in total. The van der Waals surface area contributed by atoms with Crippen LogP contribution in [-0.4, -0.2) is 16.1 Å². The van der Waals surface area contributed by atoms with Gasteiger partial charge in [0, 0.05) is 4.90 Å². The molecule has 0 spiro atoms. The van der Waals surface area contributed by atoms with Crippen LogP contribution in [-0.2, 0) is 0 Å². The zero-order chi connectivity index (χ0) is 13.1. The Morgan fingerprint density at radius 2 is 2.00 bits per heavy atom. The van der Waals surface area contributed by atoms with Gasteiger partial charge in [-0.15, -0.1) is 0 Å². The Balaban J connectivity index is 2.27. The van der Waals surface area contributed by atoms with E-state index in [1.54, 1.807) is 0 Å². The Bertz CT molecular complexity index is 587. The van der Waals surface area contributed by atoms with Gasteiger partial charge < -0.3 is 5.11 Å². The normalized spacial score (nSPS) is 10.3. The van der Waals surface area contributed by atoms with Gasteiger partial charge in [0.05, 0.1) is 11.8 Å². The van der Waals surface area contributed by atoms with Gasteiger partial charge in [0.1, 0.15) is 16.7 Å². The Kier molecular flexibility index (Phi) is 3.57. The third-order valence-electron chi connectivity index (χ3n) is 2.09. The summed E-state index contributed by atoms with van der Waals surface area (Å²) in [5.74, 6) is -2.58. The second-order valence-corrected chi connectivity index (χ2v) is 4.46. The summed E-state index contributed by atoms with van der Waals surface area (Å²) in [5.41, 5.74) is -0.401. The number of aromatic carboxylic acids is 1. The topological polar surface area (TPSA) is 50.2 Å². The fourth-order valence-corrected chi connectivity index (χ4v) is 2.07. The van der Waals surface area contributed by atoms with E-state index in [1.807, 2.05) is 0 Å². The summed E-state index contributed by atoms with van der Waals surface area (Å²) in [4.78, 5) is 15.1. The molecule has 0 fully saturated rings. The number of pyridine rings is 1. The van der Waals surface area contributed by atoms with E-state index in [2.05, 4.69) is 4.98 Å². The number of carboxylic acid groups (broad SMARTS) is 1. The molecule has 0 bridgehead atoms. The highest BCUT2D eigenvalue weighted by Gasteiger charge is 2.11. The highest BCUT2D eigenvalue weighted by molar-refractivity contribution is 7.99. The van der Waals surface area contributed by atoms with Crippen LogP contribution in [0.1, 0.15) is 10.4 Å². The van der Waals surface area contributed by atoms with Gasteiger partial charge in [-0.05, 0) is 30.3 Å². The molecule has 2 rings (SSSR count). The minimum Gasteiger partial charge on any atom is -0.478 e. The first-order valence-electron chi connectivity index (χ1n) is 4.88. The molecule has 0 radical (unpaired) electrons. The van der Waals surface area contributed by atoms with E-state index in [9.17, 15) is 13.6 Å². The van der Waals surface area contributed by atoms with Crippen LogP contribution in [0.15, 0.2) is 46.5 Å². The number of aromatic nitrogens is 1. The van der Waals surface area contributed by atoms with Crippen molar-refractivity contribution in [2.45, 2.75) is 9.92 Å². The lowest BCUT2D eigenvalue weighted by atomic mass is 10.2. The van der Waals surface area contributed by atoms with Crippen LogP contribution in [0.2, 0.25) is 0 Å². The van der Waals surface area contributed by atoms with Crippen LogP contribution in [0.4, 0.5) is 8.78 Å². The van der Waals surface area contributed by atoms with Crippen molar-refractivity contribution in [1.29, 1.82) is 0 Å². The molecule has 0 amide bonds. The molecule has 0 aliphatic heterocycles. The van der Waals surface area contributed by atoms with E-state index < -0.39 is 23.2 Å². The van der Waals surface area contributed by atoms with Crippen molar-refractivity contribution in [3.63, 3.8) is 0 Å². The van der Waals surface area contributed by atoms with Crippen LogP contribution >= 0.6 is 11.8 Å². The number of hydrogen-bond acceptors (Lipinski definition) is 3. The summed E-state index contributed by atoms with van der Waals surface area (Å²) < 4.78 is 25.8. The second kappa shape index (κ2) is 5.14. The minimum absolute atomic E-state index is 0.401. The van der Waals surface area contributed by atoms with E-state index in [4.69, 9.17) is 5.11 Å². The van der Waals surface area contributed by atoms with Crippen molar-refractivity contribution in [3.8, 4) is 0 Å². The first-order valence-corrected chi connectivity index (χ1v) is 5.70. The Morgan fingerprint density at radius 1 is 1.22 bits per heavy atom. The maximum Gasteiger partial charge on any atom is 0.338 e. The molecule has 0 aliphatic rings. The lowest BCUT2D eigenvalue weighted by molar-refractivity contribution is 0.0691. The van der Waals surface area contributed by atoms with Crippen molar-refractivity contribution in [3.05, 3.63) is 53.7 Å². The SMILES string of the molecule is O=C(O)c1cc(Sc2ccc(F)cn2)ccc1F. The quantitative estimate of drug-likeness (QED) is 0.927. The van der Waals surface area contributed by atoms with Gasteiger partial charge in [-0.25, -0.2) is 18.6 Å². The molecule has 6 heteroatoms. The number of nitrogens with zero attached hydrogens (tertiary/aromatic N) is 1. The third kappa shape index (κ3) is 2.84. The molecule has 0 unspecified atom stereocenters. The van der Waals surface area contributed by atoms with Crippen LogP contribution in [0.3, 0.4) is 0 Å². The number of benzene rings is 1. The molecule has 1 heterocycles. The number of carbonyl (C=O) groups is 1. The predicted molar refractivity (Wildman–Crippen MR) is 61.7 cm³/mol. The van der Waals surface area contributed by atoms with Crippen molar-refractivity contribution >= 4 is 17.7 Å². The molecule has 2 aromatic rings. The van der Waals surface area contributed by atoms with E-state index in [0.29, 0.717) is 9.92 Å². The smallest absolute Gasteiger partial charge is 0.338 e. The number of halogens is 2. The molecule has 1 aromatic carbocycles. The summed E-state index contributed by atoms with van der Waals surface area (Å²) in [7, 11) is 0. The van der Waals surface area contributed by atoms with Crippen molar-refractivity contribution < 1.29 is 18.7 Å². The maximum absolute atomic E-state index is 13.2. The Morgan fingerprint density at radius 3 is 2.61 bits per heavy atom. The molecule has 1 N–H and O–H groups in total. The average molecular weight is 267 g/mol. The summed E-state index contributed by atoms with van der Waals surface area (Å²) in [5, 5.41) is 9.28. The van der Waals surface area contributed by atoms with E-state index in [1.165, 1.54) is 24.3 Å². The summed E-state index contributed by atoms with van der Waals surface area (Å²) in [6.07, 6.45) is 1.06. The zero-order valence-corrected chi connectivity index (χ0v) is 9.75. The molecule has 0 saturated carbocycles. The van der Waals surface area contributed by atoms with Crippen molar-refractivity contribution in [2.24, 2.45) is 0 Å². The van der Waals surface area contributed by atoms with Gasteiger partial charge in [-0.1, -0.05) is 11.8 Å².